The van der Waals surface area contributed by atoms with Gasteiger partial charge in [0.05, 0.1) is 4.90 Å². The number of carbonyl (C=O) groups excluding carboxylic acids is 1. The summed E-state index contributed by atoms with van der Waals surface area (Å²) in [4.78, 5) is 28.6. The summed E-state index contributed by atoms with van der Waals surface area (Å²) in [5, 5.41) is 2.80. The lowest BCUT2D eigenvalue weighted by Crippen LogP contribution is -2.28. The molecule has 1 aromatic heterocycles. The van der Waals surface area contributed by atoms with E-state index in [0.717, 1.165) is 11.1 Å². The number of H-pyrrole nitrogens is 1. The van der Waals surface area contributed by atoms with Crippen molar-refractivity contribution >= 4 is 32.5 Å². The number of aromatic amines is 1. The quantitative estimate of drug-likeness (QED) is 0.380. The fraction of sp³-hybridized carbons (Fsp3) is 0.120. The molecule has 0 spiro atoms. The van der Waals surface area contributed by atoms with Crippen molar-refractivity contribution in [2.75, 3.05) is 11.5 Å². The van der Waals surface area contributed by atoms with Crippen molar-refractivity contribution in [3.05, 3.63) is 93.8 Å². The highest BCUT2D eigenvalue weighted by atomic mass is 32.2. The number of sulfonamides is 1. The summed E-state index contributed by atoms with van der Waals surface area (Å²) in [6.45, 7) is 2.22. The molecule has 5 rings (SSSR count). The van der Waals surface area contributed by atoms with Crippen LogP contribution in [0.5, 0.6) is 11.5 Å². The number of pyridine rings is 1. The van der Waals surface area contributed by atoms with E-state index in [-0.39, 0.29) is 29.2 Å². The summed E-state index contributed by atoms with van der Waals surface area (Å²) in [6, 6.07) is 16.3. The van der Waals surface area contributed by atoms with Crippen LogP contribution in [0.4, 0.5) is 5.69 Å². The SMILES string of the molecule is Cc1ccc(NS(=O)(=O)c2ccc3[nH]cc(C(=O)NCc4ccc5c(c4)OCO5)c(=O)c3c2)cc1. The van der Waals surface area contributed by atoms with Crippen LogP contribution in [-0.4, -0.2) is 26.1 Å². The number of carbonyl (C=O) groups is 1. The van der Waals surface area contributed by atoms with Crippen molar-refractivity contribution in [1.82, 2.24) is 10.3 Å². The van der Waals surface area contributed by atoms with Gasteiger partial charge in [-0.2, -0.15) is 0 Å². The van der Waals surface area contributed by atoms with Gasteiger partial charge in [0.25, 0.3) is 15.9 Å². The Morgan fingerprint density at radius 1 is 1.00 bits per heavy atom. The number of fused-ring (bicyclic) bond motifs is 2. The van der Waals surface area contributed by atoms with Gasteiger partial charge in [0.1, 0.15) is 5.56 Å². The van der Waals surface area contributed by atoms with E-state index in [4.69, 9.17) is 9.47 Å². The minimum absolute atomic E-state index is 0.0889. The topological polar surface area (TPSA) is 127 Å². The number of ether oxygens (including phenoxy) is 2. The van der Waals surface area contributed by atoms with E-state index in [1.807, 2.05) is 6.92 Å². The third-order valence-electron chi connectivity index (χ3n) is 5.60. The van der Waals surface area contributed by atoms with Crippen LogP contribution in [0.2, 0.25) is 0 Å². The number of hydrogen-bond acceptors (Lipinski definition) is 6. The molecule has 35 heavy (non-hydrogen) atoms. The van der Waals surface area contributed by atoms with E-state index in [1.54, 1.807) is 42.5 Å². The maximum Gasteiger partial charge on any atom is 0.261 e. The Morgan fingerprint density at radius 3 is 2.57 bits per heavy atom. The fourth-order valence-electron chi connectivity index (χ4n) is 3.70. The van der Waals surface area contributed by atoms with E-state index in [0.29, 0.717) is 22.7 Å². The summed E-state index contributed by atoms with van der Waals surface area (Å²) < 4.78 is 38.9. The number of rotatable bonds is 6. The molecule has 2 heterocycles. The van der Waals surface area contributed by atoms with Gasteiger partial charge < -0.3 is 19.8 Å². The van der Waals surface area contributed by atoms with Crippen LogP contribution in [0.3, 0.4) is 0 Å². The van der Waals surface area contributed by atoms with E-state index in [1.165, 1.54) is 24.4 Å². The Balaban J connectivity index is 1.39. The fourth-order valence-corrected chi connectivity index (χ4v) is 4.78. The van der Waals surface area contributed by atoms with Gasteiger partial charge in [-0.25, -0.2) is 8.42 Å². The third kappa shape index (κ3) is 4.56. The zero-order valence-corrected chi connectivity index (χ0v) is 19.4. The van der Waals surface area contributed by atoms with Gasteiger partial charge >= 0.3 is 0 Å². The lowest BCUT2D eigenvalue weighted by molar-refractivity contribution is 0.0949. The summed E-state index contributed by atoms with van der Waals surface area (Å²) in [6.07, 6.45) is 1.32. The molecule has 0 saturated carbocycles. The van der Waals surface area contributed by atoms with Crippen molar-refractivity contribution in [3.63, 3.8) is 0 Å². The van der Waals surface area contributed by atoms with E-state index in [9.17, 15) is 18.0 Å². The molecule has 178 valence electrons. The van der Waals surface area contributed by atoms with Gasteiger partial charge in [-0.1, -0.05) is 23.8 Å². The highest BCUT2D eigenvalue weighted by Gasteiger charge is 2.19. The summed E-state index contributed by atoms with van der Waals surface area (Å²) in [5.74, 6) is 0.638. The zero-order chi connectivity index (χ0) is 24.6. The van der Waals surface area contributed by atoms with Crippen LogP contribution >= 0.6 is 0 Å². The highest BCUT2D eigenvalue weighted by Crippen LogP contribution is 2.32. The van der Waals surface area contributed by atoms with Crippen LogP contribution < -0.4 is 24.9 Å². The van der Waals surface area contributed by atoms with Gasteiger partial charge in [0.15, 0.2) is 11.5 Å². The average Bonchev–Trinajstić information content (AvgIpc) is 3.32. The second kappa shape index (κ2) is 8.80. The Kier molecular flexibility index (Phi) is 5.65. The second-order valence-electron chi connectivity index (χ2n) is 8.08. The van der Waals surface area contributed by atoms with Crippen molar-refractivity contribution in [2.45, 2.75) is 18.4 Å². The molecular weight excluding hydrogens is 470 g/mol. The maximum atomic E-state index is 13.1. The number of benzene rings is 3. The van der Waals surface area contributed by atoms with Crippen LogP contribution in [0.25, 0.3) is 10.9 Å². The molecule has 0 saturated heterocycles. The molecule has 3 N–H and O–H groups in total. The summed E-state index contributed by atoms with van der Waals surface area (Å²) >= 11 is 0. The monoisotopic (exact) mass is 491 g/mol. The lowest BCUT2D eigenvalue weighted by atomic mass is 10.1. The van der Waals surface area contributed by atoms with Gasteiger partial charge in [-0.3, -0.25) is 14.3 Å². The first-order valence-corrected chi connectivity index (χ1v) is 12.2. The number of aryl methyl sites for hydroxylation is 1. The van der Waals surface area contributed by atoms with Crippen LogP contribution in [0, 0.1) is 6.92 Å². The number of nitrogens with one attached hydrogen (secondary N) is 3. The Bertz CT molecular complexity index is 1610. The molecule has 0 unspecified atom stereocenters. The average molecular weight is 492 g/mol. The summed E-state index contributed by atoms with van der Waals surface area (Å²) in [5.41, 5.74) is 1.89. The first-order valence-electron chi connectivity index (χ1n) is 10.7. The van der Waals surface area contributed by atoms with Gasteiger partial charge in [-0.15, -0.1) is 0 Å². The van der Waals surface area contributed by atoms with Crippen LogP contribution in [0.1, 0.15) is 21.5 Å². The molecule has 0 atom stereocenters. The maximum absolute atomic E-state index is 13.1. The highest BCUT2D eigenvalue weighted by molar-refractivity contribution is 7.92. The minimum atomic E-state index is -3.94. The normalized spacial score (nSPS) is 12.5. The van der Waals surface area contributed by atoms with E-state index in [2.05, 4.69) is 15.0 Å². The predicted octanol–water partition coefficient (Wildman–Crippen LogP) is 3.30. The molecule has 0 bridgehead atoms. The van der Waals surface area contributed by atoms with Gasteiger partial charge in [-0.05, 0) is 55.0 Å². The van der Waals surface area contributed by atoms with E-state index < -0.39 is 21.4 Å². The van der Waals surface area contributed by atoms with Crippen LogP contribution in [-0.2, 0) is 16.6 Å². The third-order valence-corrected chi connectivity index (χ3v) is 6.98. The minimum Gasteiger partial charge on any atom is -0.454 e. The number of amides is 1. The molecule has 10 heteroatoms. The van der Waals surface area contributed by atoms with Crippen LogP contribution in [0.15, 0.2) is 76.6 Å². The van der Waals surface area contributed by atoms with Crippen molar-refractivity contribution in [1.29, 1.82) is 0 Å². The second-order valence-corrected chi connectivity index (χ2v) is 9.76. The first-order chi connectivity index (χ1) is 16.8. The van der Waals surface area contributed by atoms with Crippen molar-refractivity contribution in [2.24, 2.45) is 0 Å². The zero-order valence-electron chi connectivity index (χ0n) is 18.6. The predicted molar refractivity (Wildman–Crippen MR) is 130 cm³/mol. The Hall–Kier alpha value is -4.31. The Morgan fingerprint density at radius 2 is 1.77 bits per heavy atom. The molecule has 0 aliphatic carbocycles. The number of hydrogen-bond donors (Lipinski definition) is 3. The molecule has 3 aromatic carbocycles. The van der Waals surface area contributed by atoms with Crippen molar-refractivity contribution < 1.29 is 22.7 Å². The molecule has 1 aliphatic heterocycles. The molecule has 9 nitrogen and oxygen atoms in total. The number of anilines is 1. The summed E-state index contributed by atoms with van der Waals surface area (Å²) in [7, 11) is -3.94. The molecule has 0 fully saturated rings. The smallest absolute Gasteiger partial charge is 0.261 e. The first kappa shape index (κ1) is 22.5. The largest absolute Gasteiger partial charge is 0.454 e. The molecule has 0 radical (unpaired) electrons. The molecule has 1 aliphatic rings. The lowest BCUT2D eigenvalue weighted by Gasteiger charge is -2.10. The van der Waals surface area contributed by atoms with Gasteiger partial charge in [0.2, 0.25) is 12.2 Å². The number of aromatic nitrogens is 1. The molecular formula is C25H21N3O6S. The van der Waals surface area contributed by atoms with Crippen molar-refractivity contribution in [3.8, 4) is 11.5 Å². The standard InChI is InChI=1S/C25H21N3O6S/c1-15-2-5-17(6-3-15)28-35(31,32)18-7-8-21-19(11-18)24(29)20(13-26-21)25(30)27-12-16-4-9-22-23(10-16)34-14-33-22/h2-11,13,28H,12,14H2,1H3,(H,26,29)(H,27,30). The Labute approximate surface area is 200 Å². The molecule has 1 amide bonds. The van der Waals surface area contributed by atoms with Gasteiger partial charge in [0, 0.05) is 29.3 Å². The molecule has 4 aromatic rings. The van der Waals surface area contributed by atoms with E-state index >= 15 is 0 Å².